The van der Waals surface area contributed by atoms with Gasteiger partial charge in [-0.25, -0.2) is 8.42 Å². The van der Waals surface area contributed by atoms with Crippen LogP contribution in [-0.2, 0) is 14.8 Å². The van der Waals surface area contributed by atoms with Crippen LogP contribution in [0.3, 0.4) is 0 Å². The number of sulfonamides is 1. The molecule has 0 unspecified atom stereocenters. The molecule has 0 spiro atoms. The number of hydrogen-bond acceptors (Lipinski definition) is 3. The third-order valence-electron chi connectivity index (χ3n) is 4.69. The maximum atomic E-state index is 12.6. The molecule has 27 heavy (non-hydrogen) atoms. The van der Waals surface area contributed by atoms with Gasteiger partial charge in [-0.2, -0.15) is 0 Å². The van der Waals surface area contributed by atoms with E-state index in [1.165, 1.54) is 5.56 Å². The fourth-order valence-electron chi connectivity index (χ4n) is 2.88. The highest BCUT2D eigenvalue weighted by molar-refractivity contribution is 7.92. The molecule has 5 nitrogen and oxygen atoms in total. The van der Waals surface area contributed by atoms with Crippen molar-refractivity contribution < 1.29 is 13.2 Å². The molecule has 2 rings (SSSR count). The predicted octanol–water partition coefficient (Wildman–Crippen LogP) is 3.65. The van der Waals surface area contributed by atoms with Crippen molar-refractivity contribution in [2.75, 3.05) is 17.1 Å². The fraction of sp³-hybridized carbons (Fsp3) is 0.381. The van der Waals surface area contributed by atoms with E-state index in [1.54, 1.807) is 12.1 Å². The van der Waals surface area contributed by atoms with Crippen LogP contribution in [-0.4, -0.2) is 27.1 Å². The molecular weight excluding hydrogens is 360 g/mol. The van der Waals surface area contributed by atoms with Crippen molar-refractivity contribution in [1.82, 2.24) is 5.32 Å². The molecule has 0 aromatic heterocycles. The third-order valence-corrected chi connectivity index (χ3v) is 5.83. The molecule has 0 fully saturated rings. The van der Waals surface area contributed by atoms with Gasteiger partial charge in [0.15, 0.2) is 0 Å². The number of hydrogen-bond donors (Lipinski definition) is 1. The summed E-state index contributed by atoms with van der Waals surface area (Å²) in [4.78, 5) is 12.6. The van der Waals surface area contributed by atoms with E-state index in [2.05, 4.69) is 11.4 Å². The topological polar surface area (TPSA) is 66.5 Å². The van der Waals surface area contributed by atoms with Gasteiger partial charge >= 0.3 is 0 Å². The molecule has 0 saturated carbocycles. The van der Waals surface area contributed by atoms with Crippen LogP contribution in [0.25, 0.3) is 0 Å². The molecule has 0 radical (unpaired) electrons. The molecule has 0 heterocycles. The van der Waals surface area contributed by atoms with Gasteiger partial charge in [0.25, 0.3) is 0 Å². The molecule has 0 aliphatic carbocycles. The fourth-order valence-corrected chi connectivity index (χ4v) is 3.74. The van der Waals surface area contributed by atoms with Crippen molar-refractivity contribution in [2.45, 2.75) is 40.2 Å². The molecular formula is C21H28N2O3S. The average Bonchev–Trinajstić information content (AvgIpc) is 2.60. The number of benzene rings is 2. The molecule has 0 bridgehead atoms. The predicted molar refractivity (Wildman–Crippen MR) is 110 cm³/mol. The second-order valence-electron chi connectivity index (χ2n) is 6.98. The maximum Gasteiger partial charge on any atom is 0.241 e. The molecule has 0 aliphatic heterocycles. The van der Waals surface area contributed by atoms with Crippen molar-refractivity contribution in [3.8, 4) is 0 Å². The Balaban J connectivity index is 2.19. The monoisotopic (exact) mass is 388 g/mol. The number of aryl methyl sites for hydroxylation is 3. The summed E-state index contributed by atoms with van der Waals surface area (Å²) < 4.78 is 25.5. The molecule has 1 atom stereocenters. The smallest absolute Gasteiger partial charge is 0.241 e. The molecule has 2 aromatic carbocycles. The Kier molecular flexibility index (Phi) is 6.65. The summed E-state index contributed by atoms with van der Waals surface area (Å²) >= 11 is 0. The maximum absolute atomic E-state index is 12.6. The van der Waals surface area contributed by atoms with Crippen LogP contribution >= 0.6 is 0 Å². The summed E-state index contributed by atoms with van der Waals surface area (Å²) in [6.45, 7) is 7.76. The molecule has 1 N–H and O–H groups in total. The minimum atomic E-state index is -3.57. The highest BCUT2D eigenvalue weighted by atomic mass is 32.2. The first-order chi connectivity index (χ1) is 12.6. The zero-order valence-electron chi connectivity index (χ0n) is 16.6. The lowest BCUT2D eigenvalue weighted by atomic mass is 9.99. The normalized spacial score (nSPS) is 12.5. The van der Waals surface area contributed by atoms with E-state index < -0.39 is 10.0 Å². The lowest BCUT2D eigenvalue weighted by Gasteiger charge is -2.24. The van der Waals surface area contributed by atoms with Crippen LogP contribution in [0.1, 0.15) is 41.6 Å². The number of nitrogens with zero attached hydrogens (tertiary/aromatic N) is 1. The summed E-state index contributed by atoms with van der Waals surface area (Å²) in [5.74, 6) is -0.328. The van der Waals surface area contributed by atoms with E-state index in [4.69, 9.17) is 0 Å². The Hall–Kier alpha value is -2.34. The van der Waals surface area contributed by atoms with Gasteiger partial charge < -0.3 is 5.32 Å². The summed E-state index contributed by atoms with van der Waals surface area (Å²) in [6.07, 6.45) is 1.83. The number of amides is 1. The quantitative estimate of drug-likeness (QED) is 0.787. The first-order valence-corrected chi connectivity index (χ1v) is 10.9. The van der Waals surface area contributed by atoms with E-state index in [0.717, 1.165) is 33.7 Å². The van der Waals surface area contributed by atoms with Crippen molar-refractivity contribution in [3.63, 3.8) is 0 Å². The molecule has 1 amide bonds. The Morgan fingerprint density at radius 1 is 1.04 bits per heavy atom. The lowest BCUT2D eigenvalue weighted by molar-refractivity contribution is -0.120. The van der Waals surface area contributed by atoms with Crippen LogP contribution in [0.2, 0.25) is 0 Å². The van der Waals surface area contributed by atoms with Crippen LogP contribution in [0.15, 0.2) is 42.5 Å². The molecule has 2 aromatic rings. The van der Waals surface area contributed by atoms with Gasteiger partial charge in [0.1, 0.15) is 6.54 Å². The SMILES string of the molecule is CC[C@@H](NC(=O)CN(c1ccc(C)cc1)S(C)(=O)=O)c1ccc(C)c(C)c1. The number of carbonyl (C=O) groups excluding carboxylic acids is 1. The minimum absolute atomic E-state index is 0.156. The van der Waals surface area contributed by atoms with E-state index in [0.29, 0.717) is 5.69 Å². The molecule has 0 saturated heterocycles. The Morgan fingerprint density at radius 3 is 2.19 bits per heavy atom. The summed E-state index contributed by atoms with van der Waals surface area (Å²) in [7, 11) is -3.57. The second kappa shape index (κ2) is 8.57. The van der Waals surface area contributed by atoms with Gasteiger partial charge in [-0.1, -0.05) is 42.8 Å². The van der Waals surface area contributed by atoms with Gasteiger partial charge in [-0.3, -0.25) is 9.10 Å². The van der Waals surface area contributed by atoms with Gasteiger partial charge in [-0.15, -0.1) is 0 Å². The van der Waals surface area contributed by atoms with Gasteiger partial charge in [-0.05, 0) is 56.0 Å². The largest absolute Gasteiger partial charge is 0.348 e. The average molecular weight is 389 g/mol. The van der Waals surface area contributed by atoms with Crippen molar-refractivity contribution in [1.29, 1.82) is 0 Å². The van der Waals surface area contributed by atoms with Crippen LogP contribution in [0.4, 0.5) is 5.69 Å². The minimum Gasteiger partial charge on any atom is -0.348 e. The Morgan fingerprint density at radius 2 is 1.67 bits per heavy atom. The van der Waals surface area contributed by atoms with Crippen LogP contribution < -0.4 is 9.62 Å². The standard InChI is InChI=1S/C21H28N2O3S/c1-6-20(18-10-9-16(3)17(4)13-18)22-21(24)14-23(27(5,25)26)19-11-7-15(2)8-12-19/h7-13,20H,6,14H2,1-5H3,(H,22,24)/t20-/m1/s1. The van der Waals surface area contributed by atoms with Gasteiger partial charge in [0, 0.05) is 0 Å². The molecule has 0 aliphatic rings. The molecule has 6 heteroatoms. The number of carbonyl (C=O) groups is 1. The van der Waals surface area contributed by atoms with Crippen LogP contribution in [0.5, 0.6) is 0 Å². The van der Waals surface area contributed by atoms with E-state index in [-0.39, 0.29) is 18.5 Å². The van der Waals surface area contributed by atoms with Gasteiger partial charge in [0.2, 0.25) is 15.9 Å². The van der Waals surface area contributed by atoms with E-state index in [9.17, 15) is 13.2 Å². The zero-order chi connectivity index (χ0) is 20.2. The summed E-state index contributed by atoms with van der Waals surface area (Å²) in [6, 6.07) is 13.0. The Bertz CT molecular complexity index is 906. The second-order valence-corrected chi connectivity index (χ2v) is 8.88. The zero-order valence-corrected chi connectivity index (χ0v) is 17.4. The summed E-state index contributed by atoms with van der Waals surface area (Å²) in [5, 5.41) is 2.97. The number of anilines is 1. The number of rotatable bonds is 7. The summed E-state index contributed by atoms with van der Waals surface area (Å²) in [5.41, 5.74) is 4.89. The number of nitrogens with one attached hydrogen (secondary N) is 1. The van der Waals surface area contributed by atoms with Crippen LogP contribution in [0, 0.1) is 20.8 Å². The first-order valence-electron chi connectivity index (χ1n) is 9.02. The van der Waals surface area contributed by atoms with Crippen molar-refractivity contribution in [2.24, 2.45) is 0 Å². The lowest BCUT2D eigenvalue weighted by Crippen LogP contribution is -2.41. The van der Waals surface area contributed by atoms with Crippen molar-refractivity contribution >= 4 is 21.6 Å². The van der Waals surface area contributed by atoms with Gasteiger partial charge in [0.05, 0.1) is 18.0 Å². The molecule has 146 valence electrons. The third kappa shape index (κ3) is 5.57. The van der Waals surface area contributed by atoms with E-state index >= 15 is 0 Å². The van der Waals surface area contributed by atoms with E-state index in [1.807, 2.05) is 52.0 Å². The highest BCUT2D eigenvalue weighted by Crippen LogP contribution is 2.21. The highest BCUT2D eigenvalue weighted by Gasteiger charge is 2.22. The Labute approximate surface area is 162 Å². The van der Waals surface area contributed by atoms with Crippen molar-refractivity contribution in [3.05, 3.63) is 64.7 Å². The first kappa shape index (κ1) is 21.0.